The molecular weight excluding hydrogens is 482 g/mol. The fourth-order valence-electron chi connectivity index (χ4n) is 4.07. The minimum Gasteiger partial charge on any atom is -0.508 e. The maximum atomic E-state index is 14.3. The second-order valence-corrected chi connectivity index (χ2v) is 8.88. The second-order valence-electron chi connectivity index (χ2n) is 8.05. The van der Waals surface area contributed by atoms with Gasteiger partial charge in [0.05, 0.1) is 23.6 Å². The van der Waals surface area contributed by atoms with Gasteiger partial charge in [-0.25, -0.2) is 23.4 Å². The molecule has 10 heteroatoms. The van der Waals surface area contributed by atoms with E-state index in [1.54, 1.807) is 36.5 Å². The number of nitrogens with zero attached hydrogens (tertiary/aromatic N) is 5. The number of halogens is 2. The Hall–Kier alpha value is -4.57. The van der Waals surface area contributed by atoms with E-state index in [4.69, 9.17) is 4.99 Å². The van der Waals surface area contributed by atoms with Crippen LogP contribution in [0.2, 0.25) is 0 Å². The van der Waals surface area contributed by atoms with Gasteiger partial charge in [-0.2, -0.15) is 5.10 Å². The summed E-state index contributed by atoms with van der Waals surface area (Å²) in [6.07, 6.45) is 5.15. The number of nitrogens with one attached hydrogen (secondary N) is 1. The van der Waals surface area contributed by atoms with Crippen molar-refractivity contribution < 1.29 is 13.9 Å². The molecule has 0 aliphatic carbocycles. The average Bonchev–Trinajstić information content (AvgIpc) is 3.59. The monoisotopic (exact) mass is 500 g/mol. The van der Waals surface area contributed by atoms with Crippen LogP contribution in [0.3, 0.4) is 0 Å². The van der Waals surface area contributed by atoms with Crippen molar-refractivity contribution in [2.75, 3.05) is 0 Å². The number of aromatic amines is 1. The van der Waals surface area contributed by atoms with Crippen LogP contribution in [0.5, 0.6) is 5.75 Å². The molecule has 0 radical (unpaired) electrons. The molecule has 0 aliphatic heterocycles. The molecule has 6 aromatic rings. The molecule has 2 aromatic carbocycles. The van der Waals surface area contributed by atoms with Crippen molar-refractivity contribution in [1.29, 1.82) is 0 Å². The summed E-state index contributed by atoms with van der Waals surface area (Å²) in [5, 5.41) is 17.3. The number of phenolic OH excluding ortho intramolecular Hbond substituents is 1. The molecule has 0 fully saturated rings. The zero-order valence-electron chi connectivity index (χ0n) is 18.6. The van der Waals surface area contributed by atoms with Crippen LogP contribution in [-0.4, -0.2) is 29.4 Å². The van der Waals surface area contributed by atoms with Gasteiger partial charge in [-0.05, 0) is 42.5 Å². The van der Waals surface area contributed by atoms with Crippen molar-refractivity contribution in [2.45, 2.75) is 6.54 Å². The third kappa shape index (κ3) is 3.97. The van der Waals surface area contributed by atoms with Gasteiger partial charge in [0.15, 0.2) is 16.4 Å². The summed E-state index contributed by atoms with van der Waals surface area (Å²) < 4.78 is 31.8. The SMILES string of the molecule is Oc1cccc(N=c2scc(-c3c[nH]c4ncccc34)n2Cc2ccn(-c3c(F)cccc3F)n2)c1. The maximum absolute atomic E-state index is 14.3. The first-order chi connectivity index (χ1) is 17.6. The van der Waals surface area contributed by atoms with E-state index in [0.717, 1.165) is 22.3 Å². The molecule has 6 rings (SSSR count). The van der Waals surface area contributed by atoms with Gasteiger partial charge in [0.25, 0.3) is 0 Å². The molecule has 0 amide bonds. The quantitative estimate of drug-likeness (QED) is 0.326. The van der Waals surface area contributed by atoms with Crippen molar-refractivity contribution >= 4 is 28.1 Å². The molecule has 0 spiro atoms. The highest BCUT2D eigenvalue weighted by Crippen LogP contribution is 2.29. The summed E-state index contributed by atoms with van der Waals surface area (Å²) in [5.41, 5.74) is 3.53. The number of thiazole rings is 1. The number of fused-ring (bicyclic) bond motifs is 1. The first-order valence-electron chi connectivity index (χ1n) is 11.0. The molecule has 0 aliphatic rings. The van der Waals surface area contributed by atoms with Gasteiger partial charge in [-0.15, -0.1) is 11.3 Å². The summed E-state index contributed by atoms with van der Waals surface area (Å²) in [4.78, 5) is 13.0. The fraction of sp³-hybridized carbons (Fsp3) is 0.0385. The van der Waals surface area contributed by atoms with Crippen LogP contribution in [0.15, 0.2) is 89.6 Å². The highest BCUT2D eigenvalue weighted by atomic mass is 32.1. The molecule has 2 N–H and O–H groups in total. The first kappa shape index (κ1) is 21.9. The number of rotatable bonds is 5. The number of hydrogen-bond donors (Lipinski definition) is 2. The number of hydrogen-bond acceptors (Lipinski definition) is 5. The number of aromatic hydroxyl groups is 1. The Morgan fingerprint density at radius 1 is 1.03 bits per heavy atom. The Kier molecular flexibility index (Phi) is 5.42. The minimum atomic E-state index is -0.695. The summed E-state index contributed by atoms with van der Waals surface area (Å²) in [6.45, 7) is 0.298. The van der Waals surface area contributed by atoms with E-state index in [1.807, 2.05) is 28.3 Å². The maximum Gasteiger partial charge on any atom is 0.190 e. The van der Waals surface area contributed by atoms with Crippen LogP contribution in [0, 0.1) is 11.6 Å². The molecule has 0 saturated heterocycles. The summed E-state index contributed by atoms with van der Waals surface area (Å²) in [5.74, 6) is -1.27. The number of benzene rings is 2. The van der Waals surface area contributed by atoms with Crippen LogP contribution in [0.4, 0.5) is 14.5 Å². The molecule has 0 bridgehead atoms. The lowest BCUT2D eigenvalue weighted by atomic mass is 10.2. The Labute approximate surface area is 207 Å². The lowest BCUT2D eigenvalue weighted by Crippen LogP contribution is -2.17. The third-order valence-electron chi connectivity index (χ3n) is 5.71. The van der Waals surface area contributed by atoms with E-state index >= 15 is 0 Å². The number of aromatic nitrogens is 5. The smallest absolute Gasteiger partial charge is 0.190 e. The summed E-state index contributed by atoms with van der Waals surface area (Å²) in [7, 11) is 0. The van der Waals surface area contributed by atoms with Crippen molar-refractivity contribution in [2.24, 2.45) is 4.99 Å². The Morgan fingerprint density at radius 3 is 2.69 bits per heavy atom. The molecule has 4 heterocycles. The topological polar surface area (TPSA) is 84.0 Å². The van der Waals surface area contributed by atoms with Crippen molar-refractivity contribution in [3.63, 3.8) is 0 Å². The van der Waals surface area contributed by atoms with Crippen LogP contribution >= 0.6 is 11.3 Å². The molecule has 0 saturated carbocycles. The van der Waals surface area contributed by atoms with Crippen molar-refractivity contribution in [3.8, 4) is 22.7 Å². The first-order valence-corrected chi connectivity index (χ1v) is 11.9. The van der Waals surface area contributed by atoms with Gasteiger partial charge in [-0.1, -0.05) is 12.1 Å². The lowest BCUT2D eigenvalue weighted by Gasteiger charge is -2.08. The number of para-hydroxylation sites is 1. The largest absolute Gasteiger partial charge is 0.508 e. The normalized spacial score (nSPS) is 12.0. The Bertz CT molecular complexity index is 1760. The van der Waals surface area contributed by atoms with E-state index in [9.17, 15) is 13.9 Å². The van der Waals surface area contributed by atoms with Crippen LogP contribution in [0.1, 0.15) is 5.69 Å². The van der Waals surface area contributed by atoms with Crippen LogP contribution in [0.25, 0.3) is 28.0 Å². The Balaban J connectivity index is 1.48. The summed E-state index contributed by atoms with van der Waals surface area (Å²) >= 11 is 1.44. The van der Waals surface area contributed by atoms with E-state index in [-0.39, 0.29) is 11.4 Å². The second kappa shape index (κ2) is 8.90. The molecule has 0 unspecified atom stereocenters. The molecule has 36 heavy (non-hydrogen) atoms. The van der Waals surface area contributed by atoms with Gasteiger partial charge < -0.3 is 14.7 Å². The van der Waals surface area contributed by atoms with Gasteiger partial charge in [0, 0.05) is 41.0 Å². The van der Waals surface area contributed by atoms with E-state index < -0.39 is 11.6 Å². The third-order valence-corrected chi connectivity index (χ3v) is 6.57. The predicted octanol–water partition coefficient (Wildman–Crippen LogP) is 5.54. The zero-order valence-corrected chi connectivity index (χ0v) is 19.5. The average molecular weight is 501 g/mol. The molecule has 4 aromatic heterocycles. The highest BCUT2D eigenvalue weighted by Gasteiger charge is 2.16. The van der Waals surface area contributed by atoms with E-state index in [0.29, 0.717) is 22.7 Å². The minimum absolute atomic E-state index is 0.118. The predicted molar refractivity (Wildman–Crippen MR) is 133 cm³/mol. The highest BCUT2D eigenvalue weighted by molar-refractivity contribution is 7.07. The number of pyridine rings is 1. The Morgan fingerprint density at radius 2 is 1.86 bits per heavy atom. The number of phenols is 1. The molecular formula is C26H18F2N6OS. The summed E-state index contributed by atoms with van der Waals surface area (Å²) in [6, 6.07) is 16.0. The zero-order chi connectivity index (χ0) is 24.6. The van der Waals surface area contributed by atoms with Gasteiger partial charge in [0.1, 0.15) is 17.1 Å². The number of H-pyrrole nitrogens is 1. The van der Waals surface area contributed by atoms with Crippen molar-refractivity contribution in [1.82, 2.24) is 24.3 Å². The molecule has 0 atom stereocenters. The van der Waals surface area contributed by atoms with Gasteiger partial charge in [-0.3, -0.25) is 0 Å². The van der Waals surface area contributed by atoms with E-state index in [1.165, 1.54) is 40.4 Å². The van der Waals surface area contributed by atoms with Gasteiger partial charge in [0.2, 0.25) is 0 Å². The van der Waals surface area contributed by atoms with E-state index in [2.05, 4.69) is 15.1 Å². The van der Waals surface area contributed by atoms with Crippen LogP contribution < -0.4 is 4.80 Å². The fourth-order valence-corrected chi connectivity index (χ4v) is 4.99. The van der Waals surface area contributed by atoms with Crippen molar-refractivity contribution in [3.05, 3.63) is 107 Å². The lowest BCUT2D eigenvalue weighted by molar-refractivity contribution is 0.475. The van der Waals surface area contributed by atoms with Gasteiger partial charge >= 0.3 is 0 Å². The molecule has 178 valence electrons. The van der Waals surface area contributed by atoms with Crippen LogP contribution in [-0.2, 0) is 6.54 Å². The standard InChI is InChI=1S/C26H18F2N6OS/c27-21-7-2-8-22(28)24(21)34-11-9-17(32-34)14-33-23(20-13-30-25-19(20)6-3-10-29-25)15-36-26(33)31-16-4-1-5-18(35)12-16/h1-13,15,35H,14H2,(H,29,30). The molecule has 7 nitrogen and oxygen atoms in total.